The first-order chi connectivity index (χ1) is 9.20. The molecule has 3 rings (SSSR count). The molecule has 19 heavy (non-hydrogen) atoms. The van der Waals surface area contributed by atoms with Crippen LogP contribution in [0.25, 0.3) is 16.6 Å². The molecule has 0 radical (unpaired) electrons. The Morgan fingerprint density at radius 1 is 1.32 bits per heavy atom. The quantitative estimate of drug-likeness (QED) is 0.773. The van der Waals surface area contributed by atoms with Gasteiger partial charge in [0.1, 0.15) is 5.82 Å². The number of aryl methyl sites for hydroxylation is 1. The van der Waals surface area contributed by atoms with Gasteiger partial charge in [-0.25, -0.2) is 9.50 Å². The molecule has 0 fully saturated rings. The second-order valence-electron chi connectivity index (χ2n) is 4.65. The summed E-state index contributed by atoms with van der Waals surface area (Å²) in [7, 11) is 1.94. The number of fused-ring (bicyclic) bond motifs is 3. The Bertz CT molecular complexity index is 735. The third-order valence-electron chi connectivity index (χ3n) is 3.20. The van der Waals surface area contributed by atoms with Gasteiger partial charge in [0, 0.05) is 25.0 Å². The summed E-state index contributed by atoms with van der Waals surface area (Å²) in [4.78, 5) is 6.62. The van der Waals surface area contributed by atoms with Crippen molar-refractivity contribution >= 4 is 22.4 Å². The van der Waals surface area contributed by atoms with E-state index >= 15 is 0 Å². The van der Waals surface area contributed by atoms with Gasteiger partial charge >= 0.3 is 0 Å². The van der Waals surface area contributed by atoms with E-state index in [0.29, 0.717) is 6.54 Å². The number of aliphatic hydroxyl groups excluding tert-OH is 1. The second kappa shape index (κ2) is 4.51. The van der Waals surface area contributed by atoms with Gasteiger partial charge in [0.15, 0.2) is 5.65 Å². The fourth-order valence-corrected chi connectivity index (χ4v) is 2.31. The van der Waals surface area contributed by atoms with Crippen LogP contribution in [0.1, 0.15) is 5.69 Å². The van der Waals surface area contributed by atoms with Crippen LogP contribution in [0.3, 0.4) is 0 Å². The van der Waals surface area contributed by atoms with Crippen molar-refractivity contribution in [3.63, 3.8) is 0 Å². The van der Waals surface area contributed by atoms with Crippen molar-refractivity contribution in [3.8, 4) is 0 Å². The molecule has 0 spiro atoms. The molecule has 3 aromatic rings. The number of likely N-dealkylation sites (N-methyl/N-ethyl adjacent to an activating group) is 1. The SMILES string of the molecule is Cc1cc2nc(N(C)CCO)c3ccccc3n2n1. The maximum Gasteiger partial charge on any atom is 0.158 e. The summed E-state index contributed by atoms with van der Waals surface area (Å²) in [5, 5.41) is 14.6. The lowest BCUT2D eigenvalue weighted by molar-refractivity contribution is 0.304. The van der Waals surface area contributed by atoms with E-state index in [1.165, 1.54) is 0 Å². The first-order valence-corrected chi connectivity index (χ1v) is 6.28. The van der Waals surface area contributed by atoms with E-state index in [0.717, 1.165) is 28.1 Å². The molecular weight excluding hydrogens is 240 g/mol. The average Bonchev–Trinajstić information content (AvgIpc) is 2.78. The molecule has 1 aromatic carbocycles. The van der Waals surface area contributed by atoms with Gasteiger partial charge in [-0.2, -0.15) is 5.10 Å². The lowest BCUT2D eigenvalue weighted by atomic mass is 10.2. The number of nitrogens with zero attached hydrogens (tertiary/aromatic N) is 4. The van der Waals surface area contributed by atoms with Gasteiger partial charge in [-0.3, -0.25) is 0 Å². The van der Waals surface area contributed by atoms with Crippen LogP contribution in [-0.2, 0) is 0 Å². The molecule has 0 amide bonds. The summed E-state index contributed by atoms with van der Waals surface area (Å²) in [6.07, 6.45) is 0. The molecule has 0 aliphatic carbocycles. The highest BCUT2D eigenvalue weighted by atomic mass is 16.3. The zero-order chi connectivity index (χ0) is 13.4. The number of aromatic nitrogens is 3. The van der Waals surface area contributed by atoms with Crippen LogP contribution >= 0.6 is 0 Å². The van der Waals surface area contributed by atoms with Gasteiger partial charge in [0.25, 0.3) is 0 Å². The lowest BCUT2D eigenvalue weighted by Crippen LogP contribution is -2.22. The minimum atomic E-state index is 0.107. The van der Waals surface area contributed by atoms with Crippen molar-refractivity contribution < 1.29 is 5.11 Å². The highest BCUT2D eigenvalue weighted by Crippen LogP contribution is 2.25. The summed E-state index contributed by atoms with van der Waals surface area (Å²) in [5.74, 6) is 0.872. The Kier molecular flexibility index (Phi) is 2.83. The van der Waals surface area contributed by atoms with Gasteiger partial charge < -0.3 is 10.0 Å². The summed E-state index contributed by atoms with van der Waals surface area (Å²) >= 11 is 0. The largest absolute Gasteiger partial charge is 0.395 e. The molecule has 5 nitrogen and oxygen atoms in total. The maximum atomic E-state index is 9.10. The van der Waals surface area contributed by atoms with Gasteiger partial charge in [-0.1, -0.05) is 12.1 Å². The van der Waals surface area contributed by atoms with E-state index < -0.39 is 0 Å². The minimum absolute atomic E-state index is 0.107. The van der Waals surface area contributed by atoms with Crippen molar-refractivity contribution in [1.29, 1.82) is 0 Å². The third kappa shape index (κ3) is 1.92. The van der Waals surface area contributed by atoms with Crippen LogP contribution in [0.5, 0.6) is 0 Å². The van der Waals surface area contributed by atoms with E-state index in [-0.39, 0.29) is 6.61 Å². The van der Waals surface area contributed by atoms with Crippen molar-refractivity contribution in [2.45, 2.75) is 6.92 Å². The second-order valence-corrected chi connectivity index (χ2v) is 4.65. The van der Waals surface area contributed by atoms with Crippen molar-refractivity contribution in [1.82, 2.24) is 14.6 Å². The number of hydrogen-bond donors (Lipinski definition) is 1. The summed E-state index contributed by atoms with van der Waals surface area (Å²) < 4.78 is 1.86. The van der Waals surface area contributed by atoms with Crippen molar-refractivity contribution in [2.75, 3.05) is 25.1 Å². The van der Waals surface area contributed by atoms with Crippen LogP contribution in [0, 0.1) is 6.92 Å². The molecule has 0 aliphatic rings. The highest BCUT2D eigenvalue weighted by molar-refractivity contribution is 5.91. The van der Waals surface area contributed by atoms with Gasteiger partial charge in [-0.15, -0.1) is 0 Å². The standard InChI is InChI=1S/C14H16N4O/c1-10-9-13-15-14(17(2)7-8-19)11-5-3-4-6-12(11)18(13)16-10/h3-6,9,19H,7-8H2,1-2H3. The minimum Gasteiger partial charge on any atom is -0.395 e. The van der Waals surface area contributed by atoms with Gasteiger partial charge in [0.2, 0.25) is 0 Å². The van der Waals surface area contributed by atoms with E-state index in [9.17, 15) is 0 Å². The predicted octanol–water partition coefficient (Wildman–Crippen LogP) is 1.62. The van der Waals surface area contributed by atoms with E-state index in [4.69, 9.17) is 5.11 Å². The normalized spacial score (nSPS) is 11.3. The maximum absolute atomic E-state index is 9.10. The molecule has 0 unspecified atom stereocenters. The Hall–Kier alpha value is -2.14. The zero-order valence-corrected chi connectivity index (χ0v) is 11.0. The molecule has 0 aliphatic heterocycles. The Balaban J connectivity index is 2.35. The Morgan fingerprint density at radius 3 is 2.89 bits per heavy atom. The molecule has 2 aromatic heterocycles. The smallest absolute Gasteiger partial charge is 0.158 e. The number of rotatable bonds is 3. The van der Waals surface area contributed by atoms with Gasteiger partial charge in [-0.05, 0) is 19.1 Å². The van der Waals surface area contributed by atoms with Crippen LogP contribution in [0.4, 0.5) is 5.82 Å². The molecule has 5 heteroatoms. The number of hydrogen-bond acceptors (Lipinski definition) is 4. The van der Waals surface area contributed by atoms with E-state index in [1.807, 2.05) is 53.7 Å². The highest BCUT2D eigenvalue weighted by Gasteiger charge is 2.12. The molecule has 0 saturated carbocycles. The van der Waals surface area contributed by atoms with Crippen molar-refractivity contribution in [2.24, 2.45) is 0 Å². The molecule has 0 atom stereocenters. The average molecular weight is 256 g/mol. The lowest BCUT2D eigenvalue weighted by Gasteiger charge is -2.19. The van der Waals surface area contributed by atoms with Crippen LogP contribution in [0.15, 0.2) is 30.3 Å². The number of para-hydroxylation sites is 1. The molecular formula is C14H16N4O. The monoisotopic (exact) mass is 256 g/mol. The summed E-state index contributed by atoms with van der Waals surface area (Å²) in [5.41, 5.74) is 2.80. The van der Waals surface area contributed by atoms with E-state index in [2.05, 4.69) is 10.1 Å². The van der Waals surface area contributed by atoms with Crippen LogP contribution in [-0.4, -0.2) is 39.9 Å². The third-order valence-corrected chi connectivity index (χ3v) is 3.20. The van der Waals surface area contributed by atoms with Crippen LogP contribution < -0.4 is 4.90 Å². The van der Waals surface area contributed by atoms with Crippen molar-refractivity contribution in [3.05, 3.63) is 36.0 Å². The fraction of sp³-hybridized carbons (Fsp3) is 0.286. The van der Waals surface area contributed by atoms with Gasteiger partial charge in [0.05, 0.1) is 17.8 Å². The molecule has 2 heterocycles. The zero-order valence-electron chi connectivity index (χ0n) is 11.0. The van der Waals surface area contributed by atoms with E-state index in [1.54, 1.807) is 0 Å². The Labute approximate surface area is 111 Å². The molecule has 0 bridgehead atoms. The molecule has 1 N–H and O–H groups in total. The predicted molar refractivity (Wildman–Crippen MR) is 75.6 cm³/mol. The topological polar surface area (TPSA) is 53.7 Å². The fourth-order valence-electron chi connectivity index (χ4n) is 2.31. The summed E-state index contributed by atoms with van der Waals surface area (Å²) in [6.45, 7) is 2.62. The number of benzene rings is 1. The molecule has 98 valence electrons. The summed E-state index contributed by atoms with van der Waals surface area (Å²) in [6, 6.07) is 10.0. The Morgan fingerprint density at radius 2 is 2.11 bits per heavy atom. The van der Waals surface area contributed by atoms with Crippen LogP contribution in [0.2, 0.25) is 0 Å². The molecule has 0 saturated heterocycles. The first-order valence-electron chi connectivity index (χ1n) is 6.28. The number of anilines is 1. The number of aliphatic hydroxyl groups is 1. The first kappa shape index (κ1) is 11.9.